The zero-order chi connectivity index (χ0) is 52.4. The molecule has 10 nitrogen and oxygen atoms in total. The number of nitrogens with one attached hydrogen (secondary N) is 1. The Morgan fingerprint density at radius 3 is 1.39 bits per heavy atom. The van der Waals surface area contributed by atoms with E-state index in [0.29, 0.717) is 13.2 Å². The number of rotatable bonds is 50. The van der Waals surface area contributed by atoms with Crippen LogP contribution >= 0.6 is 0 Å². The van der Waals surface area contributed by atoms with Gasteiger partial charge in [-0.25, -0.2) is 0 Å². The summed E-state index contributed by atoms with van der Waals surface area (Å²) in [6, 6.07) is 0.924. The first-order valence-electron chi connectivity index (χ1n) is 30.4. The van der Waals surface area contributed by atoms with Crippen molar-refractivity contribution in [2.24, 2.45) is 5.92 Å². The molecule has 1 saturated heterocycles. The van der Waals surface area contributed by atoms with Crippen molar-refractivity contribution in [2.75, 3.05) is 26.6 Å². The van der Waals surface area contributed by atoms with E-state index < -0.39 is 53.4 Å². The van der Waals surface area contributed by atoms with Crippen LogP contribution in [0.4, 0.5) is 0 Å². The van der Waals surface area contributed by atoms with Gasteiger partial charge >= 0.3 is 5.97 Å². The summed E-state index contributed by atoms with van der Waals surface area (Å²) >= 11 is 0. The summed E-state index contributed by atoms with van der Waals surface area (Å²) in [5.41, 5.74) is 0. The quantitative estimate of drug-likeness (QED) is 0.0236. The molecular formula is C59H119NO9Si2. The van der Waals surface area contributed by atoms with Gasteiger partial charge in [0.25, 0.3) is 0 Å². The molecule has 0 aromatic heterocycles. The van der Waals surface area contributed by atoms with Crippen molar-refractivity contribution in [3.05, 3.63) is 0 Å². The second kappa shape index (κ2) is 44.3. The van der Waals surface area contributed by atoms with Crippen molar-refractivity contribution in [1.29, 1.82) is 0 Å². The molecule has 1 unspecified atom stereocenters. The summed E-state index contributed by atoms with van der Waals surface area (Å²) in [6.07, 6.45) is 35.9. The van der Waals surface area contributed by atoms with Crippen LogP contribution in [-0.4, -0.2) is 102 Å². The Hall–Kier alpha value is -0.866. The van der Waals surface area contributed by atoms with Gasteiger partial charge in [0.1, 0.15) is 25.0 Å². The van der Waals surface area contributed by atoms with Gasteiger partial charge < -0.3 is 39.2 Å². The van der Waals surface area contributed by atoms with E-state index in [2.05, 4.69) is 65.4 Å². The number of hydrogen-bond acceptors (Lipinski definition) is 9. The molecule has 1 fully saturated rings. The number of hydrogen-bond donors (Lipinski definition) is 3. The number of esters is 1. The summed E-state index contributed by atoms with van der Waals surface area (Å²) in [5, 5.41) is 25.3. The predicted octanol–water partition coefficient (Wildman–Crippen LogP) is 15.8. The molecule has 7 atom stereocenters. The number of amides is 1. The normalized spacial score (nSPS) is 19.5. The van der Waals surface area contributed by atoms with Gasteiger partial charge in [-0.2, -0.15) is 0 Å². The Balaban J connectivity index is 3.15. The third kappa shape index (κ3) is 39.2. The molecule has 12 heteroatoms. The van der Waals surface area contributed by atoms with Crippen LogP contribution in [0.1, 0.15) is 245 Å². The van der Waals surface area contributed by atoms with Crippen LogP contribution in [0.25, 0.3) is 0 Å². The van der Waals surface area contributed by atoms with Crippen LogP contribution in [0.5, 0.6) is 0 Å². The fourth-order valence-corrected chi connectivity index (χ4v) is 11.2. The fourth-order valence-electron chi connectivity index (χ4n) is 9.75. The lowest BCUT2D eigenvalue weighted by Crippen LogP contribution is -2.66. The van der Waals surface area contributed by atoms with Gasteiger partial charge in [0.05, 0.1) is 19.1 Å². The van der Waals surface area contributed by atoms with Gasteiger partial charge in [-0.1, -0.05) is 253 Å². The molecule has 3 N–H and O–H groups in total. The minimum atomic E-state index is -1.51. The van der Waals surface area contributed by atoms with Crippen LogP contribution < -0.4 is 5.32 Å². The molecule has 0 aromatic carbocycles. The number of aliphatic hydroxyl groups excluding tert-OH is 2. The number of carbonyl (C=O) groups is 2. The molecule has 1 aliphatic heterocycles. The Bertz CT molecular complexity index is 1230. The molecule has 1 aliphatic rings. The molecule has 0 spiro atoms. The minimum Gasteiger partial charge on any atom is -0.457 e. The fraction of sp³-hybridized carbons (Fsp3) is 0.966. The maximum absolute atomic E-state index is 14.2. The average Bonchev–Trinajstić information content (AvgIpc) is 3.31. The SMILES string of the molecule is CCCCCCCCCCCCCCC(CCCCCCCCCCC)CC(=O)O[C@H]1[C@H](O)[C@@H](CO)O[C@@H](OCC[Si](C)(C)C)[C@@H]1NC(=O)C[C@@H](CCCCCCCCCCC)OCOCC[Si](C)(C)C. The molecule has 71 heavy (non-hydrogen) atoms. The van der Waals surface area contributed by atoms with Crippen molar-refractivity contribution in [1.82, 2.24) is 5.32 Å². The standard InChI is InChI=1S/C59H119NO9Si2/c1-10-13-16-19-22-25-26-27-30-32-35-38-41-51(40-37-34-31-28-23-20-17-14-11-2)47-55(63)69-58-56(59(66-44-46-71(7,8)9)68-53(49-61)57(58)64)60-54(62)48-52(67-50-65-43-45-70(4,5)6)42-39-36-33-29-24-21-18-15-12-3/h51-53,56-59,61,64H,10-50H2,1-9H3,(H,60,62)/t51?,52-,53-,56-,57-,58-,59-/m1/s1. The van der Waals surface area contributed by atoms with Gasteiger partial charge in [-0.3, -0.25) is 9.59 Å². The summed E-state index contributed by atoms with van der Waals surface area (Å²) < 4.78 is 31.1. The number of ether oxygens (including phenoxy) is 5. The zero-order valence-corrected chi connectivity index (χ0v) is 50.3. The van der Waals surface area contributed by atoms with E-state index in [4.69, 9.17) is 23.7 Å². The lowest BCUT2D eigenvalue weighted by molar-refractivity contribution is -0.272. The van der Waals surface area contributed by atoms with E-state index in [1.54, 1.807) is 0 Å². The summed E-state index contributed by atoms with van der Waals surface area (Å²) in [6.45, 7) is 21.3. The van der Waals surface area contributed by atoms with Crippen molar-refractivity contribution in [2.45, 2.75) is 334 Å². The average molecular weight is 1040 g/mol. The Kier molecular flexibility index (Phi) is 42.5. The molecule has 0 bridgehead atoms. The van der Waals surface area contributed by atoms with Gasteiger partial charge in [-0.05, 0) is 37.3 Å². The number of carbonyl (C=O) groups excluding carboxylic acids is 2. The first-order chi connectivity index (χ1) is 34.1. The topological polar surface area (TPSA) is 133 Å². The Labute approximate surface area is 441 Å². The Morgan fingerprint density at radius 1 is 0.563 bits per heavy atom. The molecule has 0 aliphatic carbocycles. The summed E-state index contributed by atoms with van der Waals surface area (Å²) in [7, 11) is -2.78. The highest BCUT2D eigenvalue weighted by Crippen LogP contribution is 2.29. The van der Waals surface area contributed by atoms with Crippen molar-refractivity contribution >= 4 is 28.0 Å². The van der Waals surface area contributed by atoms with Gasteiger partial charge in [0.2, 0.25) is 5.91 Å². The van der Waals surface area contributed by atoms with Gasteiger partial charge in [0, 0.05) is 35.8 Å². The van der Waals surface area contributed by atoms with Crippen LogP contribution in [-0.2, 0) is 33.3 Å². The molecule has 422 valence electrons. The molecule has 1 amide bonds. The lowest BCUT2D eigenvalue weighted by Gasteiger charge is -2.44. The predicted molar refractivity (Wildman–Crippen MR) is 304 cm³/mol. The summed E-state index contributed by atoms with van der Waals surface area (Å²) in [5.74, 6) is -0.481. The van der Waals surface area contributed by atoms with E-state index in [1.165, 1.54) is 167 Å². The van der Waals surface area contributed by atoms with E-state index in [1.807, 2.05) is 0 Å². The molecule has 0 saturated carbocycles. The minimum absolute atomic E-state index is 0.0899. The van der Waals surface area contributed by atoms with Crippen LogP contribution in [0.2, 0.25) is 51.4 Å². The highest BCUT2D eigenvalue weighted by molar-refractivity contribution is 6.76. The third-order valence-electron chi connectivity index (χ3n) is 14.6. The highest BCUT2D eigenvalue weighted by Gasteiger charge is 2.49. The van der Waals surface area contributed by atoms with Gasteiger partial charge in [0.15, 0.2) is 12.4 Å². The summed E-state index contributed by atoms with van der Waals surface area (Å²) in [4.78, 5) is 28.4. The second-order valence-electron chi connectivity index (χ2n) is 24.3. The smallest absolute Gasteiger partial charge is 0.306 e. The van der Waals surface area contributed by atoms with E-state index >= 15 is 0 Å². The maximum atomic E-state index is 14.2. The van der Waals surface area contributed by atoms with Crippen molar-refractivity contribution in [3.8, 4) is 0 Å². The number of aliphatic hydroxyl groups is 2. The highest BCUT2D eigenvalue weighted by atomic mass is 28.3. The largest absolute Gasteiger partial charge is 0.457 e. The maximum Gasteiger partial charge on any atom is 0.306 e. The van der Waals surface area contributed by atoms with Crippen LogP contribution in [0, 0.1) is 5.92 Å². The molecule has 1 rings (SSSR count). The Morgan fingerprint density at radius 2 is 0.972 bits per heavy atom. The van der Waals surface area contributed by atoms with Crippen molar-refractivity contribution < 1.29 is 43.5 Å². The first-order valence-corrected chi connectivity index (χ1v) is 37.8. The molecular weight excluding hydrogens is 923 g/mol. The van der Waals surface area contributed by atoms with Crippen molar-refractivity contribution in [3.63, 3.8) is 0 Å². The lowest BCUT2D eigenvalue weighted by atomic mass is 9.91. The zero-order valence-electron chi connectivity index (χ0n) is 48.3. The van der Waals surface area contributed by atoms with Gasteiger partial charge in [-0.15, -0.1) is 0 Å². The molecule has 0 aromatic rings. The molecule has 1 heterocycles. The van der Waals surface area contributed by atoms with E-state index in [9.17, 15) is 19.8 Å². The van der Waals surface area contributed by atoms with Crippen LogP contribution in [0.15, 0.2) is 0 Å². The number of unbranched alkanes of at least 4 members (excludes halogenated alkanes) is 27. The van der Waals surface area contributed by atoms with E-state index in [-0.39, 0.29) is 43.5 Å². The van der Waals surface area contributed by atoms with E-state index in [0.717, 1.165) is 57.0 Å². The first kappa shape index (κ1) is 68.1. The van der Waals surface area contributed by atoms with Crippen LogP contribution in [0.3, 0.4) is 0 Å². The molecule has 0 radical (unpaired) electrons. The third-order valence-corrected chi connectivity index (χ3v) is 18.1. The monoisotopic (exact) mass is 1040 g/mol. The second-order valence-corrected chi connectivity index (χ2v) is 35.5.